The Morgan fingerprint density at radius 3 is 2.06 bits per heavy atom. The fourth-order valence-electron chi connectivity index (χ4n) is 2.12. The Labute approximate surface area is 100 Å². The topological polar surface area (TPSA) is 12.0 Å². The molecule has 16 heavy (non-hydrogen) atoms. The van der Waals surface area contributed by atoms with E-state index >= 15 is 0 Å². The summed E-state index contributed by atoms with van der Waals surface area (Å²) in [4.78, 5) is 0. The maximum atomic E-state index is 3.30. The van der Waals surface area contributed by atoms with Crippen LogP contribution in [-0.4, -0.2) is 13.6 Å². The van der Waals surface area contributed by atoms with Crippen LogP contribution in [0.1, 0.15) is 38.3 Å². The molecule has 1 rings (SSSR count). The Bertz CT molecular complexity index is 302. The van der Waals surface area contributed by atoms with E-state index in [-0.39, 0.29) is 0 Å². The average Bonchev–Trinajstić information content (AvgIpc) is 2.30. The lowest BCUT2D eigenvalue weighted by Crippen LogP contribution is -2.31. The van der Waals surface area contributed by atoms with Crippen molar-refractivity contribution in [1.82, 2.24) is 5.32 Å². The first-order valence-corrected chi connectivity index (χ1v) is 6.36. The van der Waals surface area contributed by atoms with Crippen molar-refractivity contribution >= 4 is 0 Å². The molecule has 0 heterocycles. The van der Waals surface area contributed by atoms with Gasteiger partial charge in [0.1, 0.15) is 0 Å². The summed E-state index contributed by atoms with van der Waals surface area (Å²) in [6.07, 6.45) is 3.50. The van der Waals surface area contributed by atoms with Crippen LogP contribution in [-0.2, 0) is 12.8 Å². The van der Waals surface area contributed by atoms with Gasteiger partial charge in [0.05, 0.1) is 0 Å². The first-order valence-electron chi connectivity index (χ1n) is 6.36. The summed E-state index contributed by atoms with van der Waals surface area (Å²) < 4.78 is 0. The minimum Gasteiger partial charge on any atom is -0.319 e. The van der Waals surface area contributed by atoms with E-state index in [4.69, 9.17) is 0 Å². The fraction of sp³-hybridized carbons (Fsp3) is 0.600. The van der Waals surface area contributed by atoms with Crippen molar-refractivity contribution in [2.24, 2.45) is 5.41 Å². The first kappa shape index (κ1) is 13.2. The highest BCUT2D eigenvalue weighted by atomic mass is 14.8. The molecule has 1 aromatic carbocycles. The molecule has 90 valence electrons. The molecule has 1 N–H and O–H groups in total. The minimum absolute atomic E-state index is 0.377. The number of rotatable bonds is 6. The average molecular weight is 219 g/mol. The third kappa shape index (κ3) is 3.64. The molecule has 1 heteroatoms. The lowest BCUT2D eigenvalue weighted by molar-refractivity contribution is 0.299. The van der Waals surface area contributed by atoms with Gasteiger partial charge in [-0.3, -0.25) is 0 Å². The number of hydrogen-bond donors (Lipinski definition) is 1. The molecule has 0 aliphatic rings. The molecule has 0 radical (unpaired) electrons. The number of benzene rings is 1. The third-order valence-corrected chi connectivity index (χ3v) is 3.52. The van der Waals surface area contributed by atoms with Crippen LogP contribution in [0.5, 0.6) is 0 Å². The van der Waals surface area contributed by atoms with Gasteiger partial charge in [0.15, 0.2) is 0 Å². The molecule has 1 unspecified atom stereocenters. The van der Waals surface area contributed by atoms with Crippen LogP contribution in [0.3, 0.4) is 0 Å². The first-order chi connectivity index (χ1) is 7.63. The van der Waals surface area contributed by atoms with E-state index in [0.717, 1.165) is 19.4 Å². The molecule has 0 saturated heterocycles. The molecule has 0 spiro atoms. The van der Waals surface area contributed by atoms with Gasteiger partial charge < -0.3 is 5.32 Å². The largest absolute Gasteiger partial charge is 0.319 e. The molecule has 0 fully saturated rings. The smallest absolute Gasteiger partial charge is 0.000524 e. The molecular weight excluding hydrogens is 194 g/mol. The van der Waals surface area contributed by atoms with E-state index in [1.165, 1.54) is 17.5 Å². The second kappa shape index (κ2) is 6.05. The predicted molar refractivity (Wildman–Crippen MR) is 71.8 cm³/mol. The Morgan fingerprint density at radius 1 is 1.06 bits per heavy atom. The second-order valence-electron chi connectivity index (χ2n) is 5.04. The summed E-state index contributed by atoms with van der Waals surface area (Å²) in [5, 5.41) is 3.30. The zero-order valence-electron chi connectivity index (χ0n) is 11.1. The van der Waals surface area contributed by atoms with Crippen molar-refractivity contribution in [3.63, 3.8) is 0 Å². The summed E-state index contributed by atoms with van der Waals surface area (Å²) in [7, 11) is 2.04. The second-order valence-corrected chi connectivity index (χ2v) is 5.04. The van der Waals surface area contributed by atoms with Crippen molar-refractivity contribution in [3.8, 4) is 0 Å². The van der Waals surface area contributed by atoms with Crippen molar-refractivity contribution in [2.45, 2.75) is 40.0 Å². The molecule has 0 aromatic heterocycles. The zero-order valence-corrected chi connectivity index (χ0v) is 11.1. The summed E-state index contributed by atoms with van der Waals surface area (Å²) in [6.45, 7) is 7.92. The molecule has 1 nitrogen and oxygen atoms in total. The lowest BCUT2D eigenvalue weighted by atomic mass is 9.81. The van der Waals surface area contributed by atoms with Crippen LogP contribution in [0.25, 0.3) is 0 Å². The van der Waals surface area contributed by atoms with Gasteiger partial charge in [0.25, 0.3) is 0 Å². The molecular formula is C15H25N. The third-order valence-electron chi connectivity index (χ3n) is 3.52. The van der Waals surface area contributed by atoms with E-state index in [2.05, 4.69) is 50.4 Å². The zero-order chi connectivity index (χ0) is 12.0. The highest BCUT2D eigenvalue weighted by Crippen LogP contribution is 2.25. The van der Waals surface area contributed by atoms with E-state index < -0.39 is 0 Å². The van der Waals surface area contributed by atoms with E-state index in [0.29, 0.717) is 5.41 Å². The summed E-state index contributed by atoms with van der Waals surface area (Å²) >= 11 is 0. The van der Waals surface area contributed by atoms with Gasteiger partial charge in [0.2, 0.25) is 0 Å². The van der Waals surface area contributed by atoms with E-state index in [1.54, 1.807) is 0 Å². The Balaban J connectivity index is 2.70. The molecule has 0 aliphatic heterocycles. The number of aryl methyl sites for hydroxylation is 1. The molecule has 0 saturated carbocycles. The maximum Gasteiger partial charge on any atom is 0.000524 e. The molecule has 0 aliphatic carbocycles. The van der Waals surface area contributed by atoms with Crippen LogP contribution < -0.4 is 5.32 Å². The van der Waals surface area contributed by atoms with Crippen molar-refractivity contribution < 1.29 is 0 Å². The highest BCUT2D eigenvalue weighted by Gasteiger charge is 2.21. The standard InChI is InChI=1S/C15H25N/c1-5-13-7-9-14(10-8-13)11-15(3,6-2)12-16-4/h7-10,16H,5-6,11-12H2,1-4H3. The van der Waals surface area contributed by atoms with Gasteiger partial charge in [-0.2, -0.15) is 0 Å². The van der Waals surface area contributed by atoms with E-state index in [1.807, 2.05) is 7.05 Å². The molecule has 1 atom stereocenters. The summed E-state index contributed by atoms with van der Waals surface area (Å²) in [6, 6.07) is 9.07. The van der Waals surface area contributed by atoms with Crippen LogP contribution in [0.15, 0.2) is 24.3 Å². The van der Waals surface area contributed by atoms with Gasteiger partial charge in [-0.15, -0.1) is 0 Å². The van der Waals surface area contributed by atoms with Gasteiger partial charge >= 0.3 is 0 Å². The Hall–Kier alpha value is -0.820. The lowest BCUT2D eigenvalue weighted by Gasteiger charge is -2.28. The van der Waals surface area contributed by atoms with E-state index in [9.17, 15) is 0 Å². The SMILES string of the molecule is CCc1ccc(CC(C)(CC)CNC)cc1. The van der Waals surface area contributed by atoms with Gasteiger partial charge in [-0.25, -0.2) is 0 Å². The van der Waals surface area contributed by atoms with Gasteiger partial charge in [0, 0.05) is 6.54 Å². The number of nitrogens with one attached hydrogen (secondary N) is 1. The number of hydrogen-bond acceptors (Lipinski definition) is 1. The molecule has 0 bridgehead atoms. The molecule has 0 amide bonds. The summed E-state index contributed by atoms with van der Waals surface area (Å²) in [5.41, 5.74) is 3.26. The normalized spacial score (nSPS) is 14.8. The van der Waals surface area contributed by atoms with Gasteiger partial charge in [-0.1, -0.05) is 45.0 Å². The monoisotopic (exact) mass is 219 g/mol. The Kier molecular flexibility index (Phi) is 5.01. The predicted octanol–water partition coefficient (Wildman–Crippen LogP) is 3.43. The van der Waals surface area contributed by atoms with Crippen molar-refractivity contribution in [3.05, 3.63) is 35.4 Å². The Morgan fingerprint density at radius 2 is 1.62 bits per heavy atom. The fourth-order valence-corrected chi connectivity index (χ4v) is 2.12. The maximum absolute atomic E-state index is 3.30. The minimum atomic E-state index is 0.377. The van der Waals surface area contributed by atoms with Crippen LogP contribution in [0.2, 0.25) is 0 Å². The quantitative estimate of drug-likeness (QED) is 0.773. The van der Waals surface area contributed by atoms with Crippen molar-refractivity contribution in [2.75, 3.05) is 13.6 Å². The molecule has 1 aromatic rings. The highest BCUT2D eigenvalue weighted by molar-refractivity contribution is 5.23. The van der Waals surface area contributed by atoms with Crippen molar-refractivity contribution in [1.29, 1.82) is 0 Å². The van der Waals surface area contributed by atoms with Crippen LogP contribution >= 0.6 is 0 Å². The summed E-state index contributed by atoms with van der Waals surface area (Å²) in [5.74, 6) is 0. The van der Waals surface area contributed by atoms with Crippen LogP contribution in [0.4, 0.5) is 0 Å². The van der Waals surface area contributed by atoms with Gasteiger partial charge in [-0.05, 0) is 42.9 Å². The van der Waals surface area contributed by atoms with Crippen LogP contribution in [0, 0.1) is 5.41 Å².